The van der Waals surface area contributed by atoms with Gasteiger partial charge in [0, 0.05) is 7.05 Å². The van der Waals surface area contributed by atoms with Crippen LogP contribution in [0.1, 0.15) is 33.1 Å². The van der Waals surface area contributed by atoms with Crippen molar-refractivity contribution in [2.24, 2.45) is 0 Å². The van der Waals surface area contributed by atoms with Gasteiger partial charge in [-0.1, -0.05) is 26.7 Å². The van der Waals surface area contributed by atoms with Crippen LogP contribution < -0.4 is 5.32 Å². The summed E-state index contributed by atoms with van der Waals surface area (Å²) < 4.78 is -0.579. The van der Waals surface area contributed by atoms with E-state index in [1.165, 1.54) is 0 Å². The first-order valence-electron chi connectivity index (χ1n) is 4.35. The van der Waals surface area contributed by atoms with Gasteiger partial charge in [0.2, 0.25) is 5.91 Å². The Kier molecular flexibility index (Phi) is 5.38. The van der Waals surface area contributed by atoms with Crippen LogP contribution >= 0.6 is 12.6 Å². The van der Waals surface area contributed by atoms with E-state index >= 15 is 0 Å². The van der Waals surface area contributed by atoms with Crippen LogP contribution in [0, 0.1) is 6.42 Å². The van der Waals surface area contributed by atoms with Crippen LogP contribution in [0.5, 0.6) is 0 Å². The molecule has 0 spiro atoms. The number of carbonyl (C=O) groups excluding carboxylic acids is 1. The van der Waals surface area contributed by atoms with E-state index in [0.717, 1.165) is 19.3 Å². The van der Waals surface area contributed by atoms with Crippen molar-refractivity contribution in [1.29, 1.82) is 0 Å². The van der Waals surface area contributed by atoms with Gasteiger partial charge in [0.05, 0.1) is 4.75 Å². The Hall–Kier alpha value is -0.180. The first-order valence-corrected chi connectivity index (χ1v) is 4.80. The maximum Gasteiger partial charge on any atom is 0.235 e. The molecule has 0 saturated carbocycles. The summed E-state index contributed by atoms with van der Waals surface area (Å²) in [6.07, 6.45) is 4.78. The van der Waals surface area contributed by atoms with Crippen LogP contribution in [0.3, 0.4) is 0 Å². The highest BCUT2D eigenvalue weighted by Gasteiger charge is 2.30. The molecule has 0 aromatic heterocycles. The van der Waals surface area contributed by atoms with Crippen molar-refractivity contribution in [2.45, 2.75) is 37.9 Å². The van der Waals surface area contributed by atoms with Crippen molar-refractivity contribution in [3.8, 4) is 0 Å². The number of unbranched alkanes of at least 4 members (excludes halogenated alkanes) is 1. The Morgan fingerprint density at radius 3 is 2.58 bits per heavy atom. The lowest BCUT2D eigenvalue weighted by Gasteiger charge is -2.24. The average molecular weight is 188 g/mol. The van der Waals surface area contributed by atoms with E-state index in [1.54, 1.807) is 7.05 Å². The van der Waals surface area contributed by atoms with Crippen LogP contribution in [-0.4, -0.2) is 17.7 Å². The third kappa shape index (κ3) is 3.05. The predicted octanol–water partition coefficient (Wildman–Crippen LogP) is 1.82. The van der Waals surface area contributed by atoms with E-state index in [2.05, 4.69) is 24.9 Å². The molecule has 0 fully saturated rings. The maximum absolute atomic E-state index is 11.4. The monoisotopic (exact) mass is 188 g/mol. The summed E-state index contributed by atoms with van der Waals surface area (Å²) in [4.78, 5) is 11.4. The number of amides is 1. The van der Waals surface area contributed by atoms with E-state index in [9.17, 15) is 4.79 Å². The highest BCUT2D eigenvalue weighted by Crippen LogP contribution is 2.25. The van der Waals surface area contributed by atoms with Crippen molar-refractivity contribution in [1.82, 2.24) is 5.32 Å². The molecule has 0 rings (SSSR count). The van der Waals surface area contributed by atoms with Crippen LogP contribution in [-0.2, 0) is 4.79 Å². The molecule has 0 bridgehead atoms. The maximum atomic E-state index is 11.4. The Morgan fingerprint density at radius 2 is 2.25 bits per heavy atom. The first kappa shape index (κ1) is 11.8. The summed E-state index contributed by atoms with van der Waals surface area (Å²) in [5.74, 6) is -0.0122. The third-order valence-corrected chi connectivity index (χ3v) is 2.69. The number of hydrogen-bond donors (Lipinski definition) is 2. The number of carbonyl (C=O) groups is 1. The van der Waals surface area contributed by atoms with Gasteiger partial charge in [-0.2, -0.15) is 12.6 Å². The highest BCUT2D eigenvalue weighted by molar-refractivity contribution is 7.83. The zero-order valence-corrected chi connectivity index (χ0v) is 8.95. The smallest absolute Gasteiger partial charge is 0.235 e. The molecular formula is C9H18NOS. The molecule has 0 aliphatic carbocycles. The van der Waals surface area contributed by atoms with E-state index in [-0.39, 0.29) is 5.91 Å². The van der Waals surface area contributed by atoms with Crippen molar-refractivity contribution >= 4 is 18.5 Å². The molecule has 1 amide bonds. The summed E-state index contributed by atoms with van der Waals surface area (Å²) in [6, 6.07) is 0. The quantitative estimate of drug-likeness (QED) is 0.633. The summed E-state index contributed by atoms with van der Waals surface area (Å²) in [5, 5.41) is 2.62. The second-order valence-corrected chi connectivity index (χ2v) is 3.69. The molecule has 12 heavy (non-hydrogen) atoms. The molecule has 2 nitrogen and oxygen atoms in total. The fourth-order valence-corrected chi connectivity index (χ4v) is 1.32. The molecule has 0 saturated heterocycles. The zero-order chi connectivity index (χ0) is 9.61. The van der Waals surface area contributed by atoms with Gasteiger partial charge in [-0.3, -0.25) is 4.79 Å². The van der Waals surface area contributed by atoms with Crippen molar-refractivity contribution in [3.63, 3.8) is 0 Å². The minimum absolute atomic E-state index is 0.0122. The fraction of sp³-hybridized carbons (Fsp3) is 0.778. The lowest BCUT2D eigenvalue weighted by molar-refractivity contribution is -0.122. The molecule has 0 aliphatic rings. The van der Waals surface area contributed by atoms with Gasteiger partial charge in [-0.05, 0) is 12.8 Å². The van der Waals surface area contributed by atoms with Gasteiger partial charge in [-0.15, -0.1) is 0 Å². The fourth-order valence-electron chi connectivity index (χ4n) is 1.05. The normalized spacial score (nSPS) is 15.3. The van der Waals surface area contributed by atoms with Crippen molar-refractivity contribution < 1.29 is 4.79 Å². The standard InChI is InChI=1S/C9H18NOS/c1-4-6-7-9(12,5-2)8(11)10-3/h5,12H,4,6-7H2,1-3H3,(H,10,11). The van der Waals surface area contributed by atoms with E-state index in [1.807, 2.05) is 13.3 Å². The molecule has 71 valence electrons. The lowest BCUT2D eigenvalue weighted by Crippen LogP contribution is -2.40. The Morgan fingerprint density at radius 1 is 1.67 bits per heavy atom. The van der Waals surface area contributed by atoms with E-state index in [0.29, 0.717) is 0 Å². The highest BCUT2D eigenvalue weighted by atomic mass is 32.1. The molecule has 3 heteroatoms. The SMILES string of the molecule is C[CH]C(S)(CCCC)C(=O)NC. The zero-order valence-electron chi connectivity index (χ0n) is 8.05. The van der Waals surface area contributed by atoms with Gasteiger partial charge in [0.15, 0.2) is 0 Å². The minimum atomic E-state index is -0.579. The van der Waals surface area contributed by atoms with Gasteiger partial charge in [0.25, 0.3) is 0 Å². The minimum Gasteiger partial charge on any atom is -0.358 e. The summed E-state index contributed by atoms with van der Waals surface area (Å²) in [6.45, 7) is 3.98. The molecule has 0 aliphatic heterocycles. The van der Waals surface area contributed by atoms with Crippen LogP contribution in [0.25, 0.3) is 0 Å². The Labute approximate surface area is 80.5 Å². The number of rotatable bonds is 5. The molecule has 1 radical (unpaired) electrons. The summed E-state index contributed by atoms with van der Waals surface area (Å²) in [7, 11) is 1.64. The van der Waals surface area contributed by atoms with E-state index in [4.69, 9.17) is 0 Å². The molecule has 0 heterocycles. The molecule has 1 N–H and O–H groups in total. The molecule has 1 atom stereocenters. The Bertz CT molecular complexity index is 149. The van der Waals surface area contributed by atoms with Gasteiger partial charge in [-0.25, -0.2) is 0 Å². The first-order chi connectivity index (χ1) is 5.60. The van der Waals surface area contributed by atoms with Gasteiger partial charge < -0.3 is 5.32 Å². The predicted molar refractivity (Wildman–Crippen MR) is 55.3 cm³/mol. The van der Waals surface area contributed by atoms with Gasteiger partial charge >= 0.3 is 0 Å². The van der Waals surface area contributed by atoms with E-state index < -0.39 is 4.75 Å². The largest absolute Gasteiger partial charge is 0.358 e. The van der Waals surface area contributed by atoms with Gasteiger partial charge in [0.1, 0.15) is 0 Å². The second kappa shape index (κ2) is 5.46. The molecule has 0 aromatic carbocycles. The number of hydrogen-bond acceptors (Lipinski definition) is 2. The average Bonchev–Trinajstić information content (AvgIpc) is 2.12. The topological polar surface area (TPSA) is 29.1 Å². The number of thiol groups is 1. The van der Waals surface area contributed by atoms with Crippen molar-refractivity contribution in [2.75, 3.05) is 7.05 Å². The summed E-state index contributed by atoms with van der Waals surface area (Å²) in [5.41, 5.74) is 0. The molecule has 1 unspecified atom stereocenters. The van der Waals surface area contributed by atoms with Crippen LogP contribution in [0.2, 0.25) is 0 Å². The second-order valence-electron chi connectivity index (χ2n) is 2.90. The van der Waals surface area contributed by atoms with Crippen molar-refractivity contribution in [3.05, 3.63) is 6.42 Å². The van der Waals surface area contributed by atoms with Crippen LogP contribution in [0.4, 0.5) is 0 Å². The third-order valence-electron chi connectivity index (χ3n) is 2.01. The number of nitrogens with one attached hydrogen (secondary N) is 1. The summed E-state index contributed by atoms with van der Waals surface area (Å²) >= 11 is 4.36. The Balaban J connectivity index is 4.13. The lowest BCUT2D eigenvalue weighted by atomic mass is 9.97. The molecule has 0 aromatic rings. The van der Waals surface area contributed by atoms with Crippen LogP contribution in [0.15, 0.2) is 0 Å². The molecular weight excluding hydrogens is 170 g/mol.